The van der Waals surface area contributed by atoms with E-state index in [1.165, 1.54) is 6.42 Å². The van der Waals surface area contributed by atoms with E-state index < -0.39 is 11.2 Å². The molecule has 0 spiro atoms. The third-order valence-electron chi connectivity index (χ3n) is 6.61. The summed E-state index contributed by atoms with van der Waals surface area (Å²) in [6.45, 7) is 4.79. The van der Waals surface area contributed by atoms with E-state index in [1.807, 2.05) is 13.0 Å². The van der Waals surface area contributed by atoms with E-state index in [-0.39, 0.29) is 16.7 Å². The minimum Gasteiger partial charge on any atom is -0.507 e. The lowest BCUT2D eigenvalue weighted by molar-refractivity contribution is -0.00203. The van der Waals surface area contributed by atoms with Gasteiger partial charge in [0.1, 0.15) is 22.7 Å². The molecule has 1 aromatic rings. The Morgan fingerprint density at radius 1 is 1.29 bits per heavy atom. The molecule has 1 aromatic heterocycles. The average molecular weight is 389 g/mol. The maximum atomic E-state index is 12.9. The van der Waals surface area contributed by atoms with Gasteiger partial charge in [-0.05, 0) is 63.4 Å². The molecule has 1 saturated heterocycles. The van der Waals surface area contributed by atoms with Gasteiger partial charge in [0, 0.05) is 25.5 Å². The molecule has 28 heavy (non-hydrogen) atoms. The number of rotatable bonds is 7. The first-order chi connectivity index (χ1) is 13.5. The summed E-state index contributed by atoms with van der Waals surface area (Å²) < 4.78 is 17.6. The highest BCUT2D eigenvalue weighted by atomic mass is 16.5. The van der Waals surface area contributed by atoms with Crippen molar-refractivity contribution in [3.63, 3.8) is 0 Å². The fourth-order valence-electron chi connectivity index (χ4n) is 5.02. The summed E-state index contributed by atoms with van der Waals surface area (Å²) >= 11 is 0. The van der Waals surface area contributed by atoms with Crippen LogP contribution in [-0.4, -0.2) is 17.8 Å². The molecule has 2 atom stereocenters. The Labute approximate surface area is 166 Å². The first-order valence-electron chi connectivity index (χ1n) is 10.8. The minimum atomic E-state index is -0.796. The molecule has 3 aliphatic rings. The van der Waals surface area contributed by atoms with Gasteiger partial charge in [-0.2, -0.15) is 0 Å². The van der Waals surface area contributed by atoms with Crippen LogP contribution in [0.25, 0.3) is 0 Å². The predicted molar refractivity (Wildman–Crippen MR) is 106 cm³/mol. The Morgan fingerprint density at radius 3 is 2.68 bits per heavy atom. The van der Waals surface area contributed by atoms with Gasteiger partial charge in [-0.15, -0.1) is 0 Å². The number of ether oxygens (including phenoxy) is 2. The second-order valence-electron chi connectivity index (χ2n) is 9.00. The van der Waals surface area contributed by atoms with Crippen LogP contribution in [0.2, 0.25) is 0 Å². The Kier molecular flexibility index (Phi) is 5.30. The van der Waals surface area contributed by atoms with Crippen molar-refractivity contribution in [2.75, 3.05) is 6.61 Å². The lowest BCUT2D eigenvalue weighted by Gasteiger charge is -2.29. The van der Waals surface area contributed by atoms with Gasteiger partial charge in [-0.25, -0.2) is 4.79 Å². The van der Waals surface area contributed by atoms with Crippen molar-refractivity contribution in [1.82, 2.24) is 0 Å². The van der Waals surface area contributed by atoms with Gasteiger partial charge in [0.2, 0.25) is 0 Å². The summed E-state index contributed by atoms with van der Waals surface area (Å²) in [4.78, 5) is 12.9. The summed E-state index contributed by atoms with van der Waals surface area (Å²) in [6, 6.07) is 1.65. The van der Waals surface area contributed by atoms with E-state index in [1.54, 1.807) is 6.07 Å². The zero-order valence-corrected chi connectivity index (χ0v) is 17.1. The van der Waals surface area contributed by atoms with Gasteiger partial charge in [0.15, 0.2) is 0 Å². The summed E-state index contributed by atoms with van der Waals surface area (Å²) in [5, 5.41) is 10.8. The molecule has 2 aliphatic heterocycles. The van der Waals surface area contributed by atoms with Crippen LogP contribution in [0.5, 0.6) is 5.75 Å². The lowest BCUT2D eigenvalue weighted by atomic mass is 9.86. The van der Waals surface area contributed by atoms with E-state index in [4.69, 9.17) is 13.9 Å². The smallest absolute Gasteiger partial charge is 0.346 e. The first kappa shape index (κ1) is 19.6. The van der Waals surface area contributed by atoms with Crippen LogP contribution in [0.3, 0.4) is 0 Å². The molecule has 0 radical (unpaired) electrons. The highest BCUT2D eigenvalue weighted by Gasteiger charge is 2.46. The molecular formula is C23H32O5. The highest BCUT2D eigenvalue weighted by molar-refractivity contribution is 5.37. The lowest BCUT2D eigenvalue weighted by Crippen LogP contribution is -2.32. The number of aromatic hydroxyl groups is 1. The predicted octanol–water partition coefficient (Wildman–Crippen LogP) is 4.95. The number of allylic oxidation sites excluding steroid dienone is 1. The standard InChI is InChI=1S/C23H32O5/c1-3-8-23(9-7-16(2)28-23)20-19(24)13-18(27-21(20)25)15-22(10-11-22)14-17-6-4-5-12-26-17/h7,13,17,24H,3-6,8-12,14-15H2,1-2H3. The molecule has 1 saturated carbocycles. The van der Waals surface area contributed by atoms with Crippen molar-refractivity contribution < 1.29 is 19.0 Å². The Bertz CT molecular complexity index is 798. The highest BCUT2D eigenvalue weighted by Crippen LogP contribution is 2.53. The third kappa shape index (κ3) is 3.86. The average Bonchev–Trinajstić information content (AvgIpc) is 3.28. The molecule has 3 heterocycles. The van der Waals surface area contributed by atoms with Crippen LogP contribution in [-0.2, 0) is 21.5 Å². The molecule has 4 rings (SSSR count). The van der Waals surface area contributed by atoms with Crippen molar-refractivity contribution in [2.24, 2.45) is 5.41 Å². The van der Waals surface area contributed by atoms with Gasteiger partial charge in [-0.1, -0.05) is 13.3 Å². The second-order valence-corrected chi connectivity index (χ2v) is 9.00. The Hall–Kier alpha value is -1.75. The zero-order valence-electron chi connectivity index (χ0n) is 17.1. The molecule has 5 heteroatoms. The number of hydrogen-bond acceptors (Lipinski definition) is 5. The molecule has 5 nitrogen and oxygen atoms in total. The summed E-state index contributed by atoms with van der Waals surface area (Å²) in [7, 11) is 0. The Morgan fingerprint density at radius 2 is 2.11 bits per heavy atom. The van der Waals surface area contributed by atoms with Gasteiger partial charge in [-0.3, -0.25) is 0 Å². The van der Waals surface area contributed by atoms with Gasteiger partial charge >= 0.3 is 5.63 Å². The first-order valence-corrected chi connectivity index (χ1v) is 10.8. The van der Waals surface area contributed by atoms with Gasteiger partial charge in [0.25, 0.3) is 0 Å². The maximum Gasteiger partial charge on any atom is 0.346 e. The summed E-state index contributed by atoms with van der Waals surface area (Å²) in [6.07, 6.45) is 11.9. The molecule has 2 fully saturated rings. The van der Waals surface area contributed by atoms with Crippen molar-refractivity contribution in [1.29, 1.82) is 0 Å². The number of hydrogen-bond donors (Lipinski definition) is 1. The monoisotopic (exact) mass is 388 g/mol. The summed E-state index contributed by atoms with van der Waals surface area (Å²) in [5.41, 5.74) is -0.826. The van der Waals surface area contributed by atoms with Crippen LogP contribution in [0.1, 0.15) is 83.0 Å². The van der Waals surface area contributed by atoms with E-state index in [0.29, 0.717) is 31.1 Å². The maximum absolute atomic E-state index is 12.9. The molecule has 2 unspecified atom stereocenters. The minimum absolute atomic E-state index is 0.00696. The molecular weight excluding hydrogens is 356 g/mol. The van der Waals surface area contributed by atoms with E-state index in [0.717, 1.165) is 50.9 Å². The normalized spacial score (nSPS) is 28.6. The van der Waals surface area contributed by atoms with E-state index in [2.05, 4.69) is 6.92 Å². The Balaban J connectivity index is 1.54. The zero-order chi connectivity index (χ0) is 19.8. The van der Waals surface area contributed by atoms with Crippen LogP contribution < -0.4 is 5.63 Å². The molecule has 0 aromatic carbocycles. The molecule has 0 amide bonds. The van der Waals surface area contributed by atoms with E-state index in [9.17, 15) is 9.90 Å². The van der Waals surface area contributed by atoms with Crippen molar-refractivity contribution in [2.45, 2.75) is 89.8 Å². The third-order valence-corrected chi connectivity index (χ3v) is 6.61. The quantitative estimate of drug-likeness (QED) is 0.716. The second kappa shape index (κ2) is 7.58. The summed E-state index contributed by atoms with van der Waals surface area (Å²) in [5.74, 6) is 1.38. The van der Waals surface area contributed by atoms with Gasteiger partial charge in [0.05, 0.1) is 11.9 Å². The molecule has 154 valence electrons. The SMILES string of the molecule is CCCC1(c2c(O)cc(CC3(CC4CCCCO4)CC3)oc2=O)CC=C(C)O1. The largest absolute Gasteiger partial charge is 0.507 e. The van der Waals surface area contributed by atoms with Crippen LogP contribution in [0.4, 0.5) is 0 Å². The van der Waals surface area contributed by atoms with Crippen LogP contribution >= 0.6 is 0 Å². The van der Waals surface area contributed by atoms with Crippen LogP contribution in [0.15, 0.2) is 27.1 Å². The van der Waals surface area contributed by atoms with Crippen molar-refractivity contribution >= 4 is 0 Å². The van der Waals surface area contributed by atoms with Gasteiger partial charge < -0.3 is 19.0 Å². The van der Waals surface area contributed by atoms with Crippen molar-refractivity contribution in [3.8, 4) is 5.75 Å². The van der Waals surface area contributed by atoms with E-state index >= 15 is 0 Å². The van der Waals surface area contributed by atoms with Crippen molar-refractivity contribution in [3.05, 3.63) is 39.6 Å². The molecule has 1 aliphatic carbocycles. The molecule has 1 N–H and O–H groups in total. The topological polar surface area (TPSA) is 68.9 Å². The van der Waals surface area contributed by atoms with Crippen LogP contribution in [0, 0.1) is 5.41 Å². The fourth-order valence-corrected chi connectivity index (χ4v) is 5.02. The fraction of sp³-hybridized carbons (Fsp3) is 0.696. The molecule has 0 bridgehead atoms.